The van der Waals surface area contributed by atoms with Crippen LogP contribution < -0.4 is 15.4 Å². The van der Waals surface area contributed by atoms with E-state index in [0.717, 1.165) is 46.8 Å². The van der Waals surface area contributed by atoms with Crippen LogP contribution in [0, 0.1) is 13.8 Å². The van der Waals surface area contributed by atoms with Gasteiger partial charge in [0, 0.05) is 23.7 Å². The van der Waals surface area contributed by atoms with Gasteiger partial charge in [-0.25, -0.2) is 9.48 Å². The van der Waals surface area contributed by atoms with E-state index in [1.165, 1.54) is 0 Å². The van der Waals surface area contributed by atoms with Gasteiger partial charge < -0.3 is 20.3 Å². The number of nitrogens with one attached hydrogen (secondary N) is 2. The van der Waals surface area contributed by atoms with Crippen molar-refractivity contribution in [3.63, 3.8) is 0 Å². The van der Waals surface area contributed by atoms with E-state index in [1.807, 2.05) is 62.4 Å². The topological polar surface area (TPSA) is 88.5 Å². The zero-order chi connectivity index (χ0) is 27.2. The number of unbranched alkanes of at least 4 members (excludes halogenated alkanes) is 1. The number of carbonyl (C=O) groups is 2. The molecule has 0 spiro atoms. The average Bonchev–Trinajstić information content (AvgIpc) is 3.28. The van der Waals surface area contributed by atoms with Crippen molar-refractivity contribution in [2.24, 2.45) is 0 Å². The number of aryl methyl sites for hydroxylation is 2. The fourth-order valence-corrected chi connectivity index (χ4v) is 3.91. The Bertz CT molecular complexity index is 1210. The molecule has 1 heterocycles. The maximum Gasteiger partial charge on any atom is 0.322 e. The molecule has 3 aromatic rings. The van der Waals surface area contributed by atoms with Crippen molar-refractivity contribution in [2.75, 3.05) is 30.8 Å². The largest absolute Gasteiger partial charge is 0.497 e. The minimum absolute atomic E-state index is 0.0740. The van der Waals surface area contributed by atoms with Gasteiger partial charge in [0.1, 0.15) is 18.1 Å². The Labute approximate surface area is 220 Å². The molecule has 0 radical (unpaired) electrons. The smallest absolute Gasteiger partial charge is 0.322 e. The number of carbonyl (C=O) groups excluding carboxylic acids is 2. The normalized spacial score (nSPS) is 11.2. The highest BCUT2D eigenvalue weighted by atomic mass is 16.5. The number of rotatable bonds is 9. The van der Waals surface area contributed by atoms with Crippen molar-refractivity contribution in [1.29, 1.82) is 0 Å². The minimum Gasteiger partial charge on any atom is -0.497 e. The van der Waals surface area contributed by atoms with Gasteiger partial charge in [0.05, 0.1) is 18.5 Å². The molecule has 1 aromatic heterocycles. The first kappa shape index (κ1) is 27.8. The van der Waals surface area contributed by atoms with Crippen LogP contribution in [0.5, 0.6) is 5.75 Å². The van der Waals surface area contributed by atoms with E-state index >= 15 is 0 Å². The van der Waals surface area contributed by atoms with Crippen molar-refractivity contribution in [1.82, 2.24) is 14.7 Å². The molecule has 0 fully saturated rings. The lowest BCUT2D eigenvalue weighted by atomic mass is 9.92. The molecule has 0 bridgehead atoms. The van der Waals surface area contributed by atoms with E-state index in [9.17, 15) is 9.59 Å². The molecule has 0 aliphatic heterocycles. The zero-order valence-corrected chi connectivity index (χ0v) is 23.0. The predicted molar refractivity (Wildman–Crippen MR) is 149 cm³/mol. The summed E-state index contributed by atoms with van der Waals surface area (Å²) in [5.74, 6) is 0.993. The summed E-state index contributed by atoms with van der Waals surface area (Å²) in [6.07, 6.45) is 1.71. The van der Waals surface area contributed by atoms with Gasteiger partial charge in [0.2, 0.25) is 5.91 Å². The van der Waals surface area contributed by atoms with Crippen LogP contribution in [0.3, 0.4) is 0 Å². The summed E-state index contributed by atoms with van der Waals surface area (Å²) in [5, 5.41) is 10.8. The zero-order valence-electron chi connectivity index (χ0n) is 23.0. The summed E-state index contributed by atoms with van der Waals surface area (Å²) in [5.41, 5.74) is 4.16. The molecule has 2 aromatic carbocycles. The number of hydrogen-bond acceptors (Lipinski definition) is 4. The molecule has 0 aliphatic carbocycles. The molecule has 8 nitrogen and oxygen atoms in total. The van der Waals surface area contributed by atoms with E-state index in [1.54, 1.807) is 16.7 Å². The van der Waals surface area contributed by atoms with Gasteiger partial charge in [-0.1, -0.05) is 52.3 Å². The van der Waals surface area contributed by atoms with Crippen molar-refractivity contribution >= 4 is 23.4 Å². The lowest BCUT2D eigenvalue weighted by Crippen LogP contribution is -2.41. The van der Waals surface area contributed by atoms with E-state index in [2.05, 4.69) is 38.3 Å². The summed E-state index contributed by atoms with van der Waals surface area (Å²) in [4.78, 5) is 28.0. The van der Waals surface area contributed by atoms with Crippen LogP contribution >= 0.6 is 0 Å². The maximum atomic E-state index is 13.2. The number of nitrogens with zero attached hydrogens (tertiary/aromatic N) is 3. The van der Waals surface area contributed by atoms with E-state index in [0.29, 0.717) is 12.4 Å². The molecule has 0 atom stereocenters. The fraction of sp³-hybridized carbons (Fsp3) is 0.414. The number of para-hydroxylation sites is 1. The second-order valence-electron chi connectivity index (χ2n) is 10.3. The summed E-state index contributed by atoms with van der Waals surface area (Å²) in [6.45, 7) is 12.6. The van der Waals surface area contributed by atoms with Crippen LogP contribution in [0.4, 0.5) is 16.3 Å². The Hall–Kier alpha value is -3.81. The highest BCUT2D eigenvalue weighted by Crippen LogP contribution is 2.27. The summed E-state index contributed by atoms with van der Waals surface area (Å²) < 4.78 is 6.99. The van der Waals surface area contributed by atoms with Gasteiger partial charge in [-0.3, -0.25) is 4.79 Å². The second-order valence-corrected chi connectivity index (χ2v) is 10.3. The van der Waals surface area contributed by atoms with Gasteiger partial charge in [-0.15, -0.1) is 0 Å². The Morgan fingerprint density at radius 3 is 2.24 bits per heavy atom. The number of benzene rings is 2. The van der Waals surface area contributed by atoms with Gasteiger partial charge in [-0.2, -0.15) is 5.10 Å². The Morgan fingerprint density at radius 1 is 1.03 bits per heavy atom. The number of aromatic nitrogens is 2. The number of anilines is 2. The highest BCUT2D eigenvalue weighted by molar-refractivity contribution is 5.97. The number of ether oxygens (including phenoxy) is 1. The van der Waals surface area contributed by atoms with E-state index in [4.69, 9.17) is 9.84 Å². The number of urea groups is 1. The third-order valence-corrected chi connectivity index (χ3v) is 6.18. The lowest BCUT2D eigenvalue weighted by molar-refractivity contribution is -0.116. The molecule has 0 saturated heterocycles. The van der Waals surface area contributed by atoms with E-state index < -0.39 is 0 Å². The quantitative estimate of drug-likeness (QED) is 0.370. The van der Waals surface area contributed by atoms with Crippen molar-refractivity contribution in [2.45, 2.75) is 59.8 Å². The Balaban J connectivity index is 1.83. The van der Waals surface area contributed by atoms with Crippen LogP contribution in [-0.2, 0) is 10.2 Å². The van der Waals surface area contributed by atoms with E-state index in [-0.39, 0.29) is 23.9 Å². The van der Waals surface area contributed by atoms with Crippen molar-refractivity contribution in [3.8, 4) is 11.4 Å². The van der Waals surface area contributed by atoms with Crippen molar-refractivity contribution < 1.29 is 14.3 Å². The maximum absolute atomic E-state index is 13.2. The summed E-state index contributed by atoms with van der Waals surface area (Å²) in [7, 11) is 1.62. The standard InChI is InChI=1S/C29H39N5O3/c1-8-9-17-33(28(36)31-27-20(2)11-10-12-21(27)3)19-26(35)30-25-18-24(29(4,5)6)32-34(25)22-13-15-23(37-7)16-14-22/h10-16,18H,8-9,17,19H2,1-7H3,(H,30,35)(H,31,36). The first-order valence-electron chi connectivity index (χ1n) is 12.7. The number of hydrogen-bond donors (Lipinski definition) is 2. The summed E-state index contributed by atoms with van der Waals surface area (Å²) in [6, 6.07) is 14.9. The molecule has 0 unspecified atom stereocenters. The Kier molecular flexibility index (Phi) is 8.97. The van der Waals surface area contributed by atoms with Crippen LogP contribution in [0.1, 0.15) is 57.4 Å². The molecule has 3 rings (SSSR count). The Morgan fingerprint density at radius 2 is 1.68 bits per heavy atom. The first-order chi connectivity index (χ1) is 17.5. The first-order valence-corrected chi connectivity index (χ1v) is 12.7. The third kappa shape index (κ3) is 7.12. The second kappa shape index (κ2) is 12.0. The van der Waals surface area contributed by atoms with Gasteiger partial charge in [-0.05, 0) is 55.7 Å². The molecule has 0 aliphatic rings. The van der Waals surface area contributed by atoms with Crippen LogP contribution in [0.15, 0.2) is 48.5 Å². The molecular formula is C29H39N5O3. The molecule has 3 amide bonds. The molecular weight excluding hydrogens is 466 g/mol. The molecule has 37 heavy (non-hydrogen) atoms. The van der Waals surface area contributed by atoms with Crippen molar-refractivity contribution in [3.05, 3.63) is 65.4 Å². The third-order valence-electron chi connectivity index (χ3n) is 6.18. The number of amides is 3. The number of methoxy groups -OCH3 is 1. The van der Waals surface area contributed by atoms with Gasteiger partial charge >= 0.3 is 6.03 Å². The SMILES string of the molecule is CCCCN(CC(=O)Nc1cc(C(C)(C)C)nn1-c1ccc(OC)cc1)C(=O)Nc1c(C)cccc1C. The predicted octanol–water partition coefficient (Wildman–Crippen LogP) is 6.07. The average molecular weight is 506 g/mol. The minimum atomic E-state index is -0.292. The van der Waals surface area contributed by atoms with Crippen LogP contribution in [0.25, 0.3) is 5.69 Å². The summed E-state index contributed by atoms with van der Waals surface area (Å²) >= 11 is 0. The molecule has 0 saturated carbocycles. The molecule has 2 N–H and O–H groups in total. The van der Waals surface area contributed by atoms with Crippen LogP contribution in [-0.4, -0.2) is 46.8 Å². The fourth-order valence-electron chi connectivity index (χ4n) is 3.91. The lowest BCUT2D eigenvalue weighted by Gasteiger charge is -2.23. The molecule has 198 valence electrons. The monoisotopic (exact) mass is 505 g/mol. The van der Waals surface area contributed by atoms with Gasteiger partial charge in [0.15, 0.2) is 0 Å². The molecule has 8 heteroatoms. The van der Waals surface area contributed by atoms with Crippen LogP contribution in [0.2, 0.25) is 0 Å². The van der Waals surface area contributed by atoms with Gasteiger partial charge in [0.25, 0.3) is 0 Å². The highest BCUT2D eigenvalue weighted by Gasteiger charge is 2.23.